The fourth-order valence-corrected chi connectivity index (χ4v) is 4.29. The van der Waals surface area contributed by atoms with E-state index in [9.17, 15) is 0 Å². The van der Waals surface area contributed by atoms with Crippen molar-refractivity contribution in [3.05, 3.63) is 12.3 Å². The molecule has 3 aliphatic rings. The minimum absolute atomic E-state index is 0.207. The van der Waals surface area contributed by atoms with Crippen molar-refractivity contribution in [2.75, 3.05) is 26.7 Å². The molecule has 4 nitrogen and oxygen atoms in total. The van der Waals surface area contributed by atoms with Gasteiger partial charge in [0.05, 0.1) is 0 Å². The second-order valence-electron chi connectivity index (χ2n) is 6.41. The summed E-state index contributed by atoms with van der Waals surface area (Å²) in [6, 6.07) is 1.15. The lowest BCUT2D eigenvalue weighted by Crippen LogP contribution is -2.66. The average molecular weight is 277 g/mol. The van der Waals surface area contributed by atoms with Crippen molar-refractivity contribution in [2.24, 2.45) is 10.9 Å². The van der Waals surface area contributed by atoms with E-state index in [1.54, 1.807) is 0 Å². The number of piperidine rings is 1. The summed E-state index contributed by atoms with van der Waals surface area (Å²) < 4.78 is 6.12. The van der Waals surface area contributed by atoms with Crippen LogP contribution in [-0.4, -0.2) is 55.0 Å². The molecular formula is C16H27N3O. The molecule has 2 saturated heterocycles. The first-order valence-electron chi connectivity index (χ1n) is 7.92. The Balaban J connectivity index is 1.92. The predicted octanol–water partition coefficient (Wildman–Crippen LogP) is 1.82. The van der Waals surface area contributed by atoms with Gasteiger partial charge in [-0.3, -0.25) is 9.89 Å². The summed E-state index contributed by atoms with van der Waals surface area (Å²) in [6.07, 6.45) is 8.00. The molecule has 2 unspecified atom stereocenters. The number of methoxy groups -OCH3 is 1. The highest BCUT2D eigenvalue weighted by molar-refractivity contribution is 5.87. The number of rotatable bonds is 2. The summed E-state index contributed by atoms with van der Waals surface area (Å²) in [5.74, 6) is 0.344. The van der Waals surface area contributed by atoms with E-state index in [1.807, 2.05) is 13.3 Å². The van der Waals surface area contributed by atoms with Crippen LogP contribution in [0.3, 0.4) is 0 Å². The van der Waals surface area contributed by atoms with Gasteiger partial charge in [-0.15, -0.1) is 0 Å². The SMILES string of the molecule is COC1([C@H]2CCC[C@H]3CNCCN32)C=CN=C(C)C1C. The molecule has 2 fully saturated rings. The molecule has 4 heteroatoms. The van der Waals surface area contributed by atoms with E-state index in [4.69, 9.17) is 4.74 Å². The molecule has 0 aromatic carbocycles. The van der Waals surface area contributed by atoms with Crippen molar-refractivity contribution in [3.63, 3.8) is 0 Å². The van der Waals surface area contributed by atoms with Crippen LogP contribution in [0.5, 0.6) is 0 Å². The van der Waals surface area contributed by atoms with Gasteiger partial charge in [-0.25, -0.2) is 0 Å². The maximum absolute atomic E-state index is 6.12. The lowest BCUT2D eigenvalue weighted by molar-refractivity contribution is -0.0951. The van der Waals surface area contributed by atoms with Crippen LogP contribution >= 0.6 is 0 Å². The number of fused-ring (bicyclic) bond motifs is 1. The van der Waals surface area contributed by atoms with E-state index in [2.05, 4.69) is 35.1 Å². The number of hydrogen-bond donors (Lipinski definition) is 1. The van der Waals surface area contributed by atoms with E-state index < -0.39 is 0 Å². The van der Waals surface area contributed by atoms with Gasteiger partial charge in [-0.1, -0.05) is 13.3 Å². The molecular weight excluding hydrogens is 250 g/mol. The number of piperazine rings is 1. The van der Waals surface area contributed by atoms with Crippen molar-refractivity contribution >= 4 is 5.71 Å². The first-order valence-corrected chi connectivity index (χ1v) is 7.92. The maximum Gasteiger partial charge on any atom is 0.111 e. The Morgan fingerprint density at radius 1 is 1.45 bits per heavy atom. The summed E-state index contributed by atoms with van der Waals surface area (Å²) in [7, 11) is 1.87. The molecule has 0 aromatic rings. The van der Waals surface area contributed by atoms with Crippen LogP contribution in [-0.2, 0) is 4.74 Å². The van der Waals surface area contributed by atoms with Crippen molar-refractivity contribution in [1.82, 2.24) is 10.2 Å². The number of aliphatic imine (C=N–C) groups is 1. The highest BCUT2D eigenvalue weighted by atomic mass is 16.5. The fraction of sp³-hybridized carbons (Fsp3) is 0.812. The van der Waals surface area contributed by atoms with Gasteiger partial charge in [0.1, 0.15) is 5.60 Å². The molecule has 20 heavy (non-hydrogen) atoms. The van der Waals surface area contributed by atoms with Crippen LogP contribution in [0.1, 0.15) is 33.1 Å². The van der Waals surface area contributed by atoms with E-state index >= 15 is 0 Å². The Hall–Kier alpha value is -0.710. The van der Waals surface area contributed by atoms with Crippen molar-refractivity contribution in [3.8, 4) is 0 Å². The van der Waals surface area contributed by atoms with E-state index in [-0.39, 0.29) is 5.60 Å². The van der Waals surface area contributed by atoms with Crippen molar-refractivity contribution in [2.45, 2.75) is 50.8 Å². The standard InChI is InChI=1S/C16H27N3O/c1-12-13(2)18-8-7-16(12,20-3)15-6-4-5-14-11-17-9-10-19(14)15/h7-8,12,14-15,17H,4-6,9-11H2,1-3H3/t12?,14-,15+,16?/m0/s1. The quantitative estimate of drug-likeness (QED) is 0.836. The van der Waals surface area contributed by atoms with Gasteiger partial charge >= 0.3 is 0 Å². The van der Waals surface area contributed by atoms with Gasteiger partial charge in [-0.05, 0) is 25.8 Å². The Kier molecular flexibility index (Phi) is 3.98. The predicted molar refractivity (Wildman–Crippen MR) is 82.2 cm³/mol. The number of nitrogens with one attached hydrogen (secondary N) is 1. The number of hydrogen-bond acceptors (Lipinski definition) is 4. The molecule has 0 saturated carbocycles. The molecule has 4 atom stereocenters. The van der Waals surface area contributed by atoms with E-state index in [0.717, 1.165) is 19.6 Å². The number of nitrogens with zero attached hydrogens (tertiary/aromatic N) is 2. The van der Waals surface area contributed by atoms with Gasteiger partial charge < -0.3 is 10.1 Å². The normalized spacial score (nSPS) is 42.1. The van der Waals surface area contributed by atoms with Gasteiger partial charge in [0, 0.05) is 56.7 Å². The lowest BCUT2D eigenvalue weighted by Gasteiger charge is -2.54. The summed E-state index contributed by atoms with van der Waals surface area (Å²) >= 11 is 0. The maximum atomic E-state index is 6.12. The first kappa shape index (κ1) is 14.2. The largest absolute Gasteiger partial charge is 0.372 e. The second kappa shape index (κ2) is 5.58. The van der Waals surface area contributed by atoms with Gasteiger partial charge in [0.15, 0.2) is 0 Å². The Labute approximate surface area is 122 Å². The third-order valence-electron chi connectivity index (χ3n) is 5.60. The topological polar surface area (TPSA) is 36.9 Å². The Bertz CT molecular complexity index is 418. The van der Waals surface area contributed by atoms with E-state index in [1.165, 1.54) is 25.0 Å². The summed E-state index contributed by atoms with van der Waals surface area (Å²) in [6.45, 7) is 7.74. The molecule has 0 radical (unpaired) electrons. The summed E-state index contributed by atoms with van der Waals surface area (Å²) in [5, 5.41) is 3.53. The molecule has 3 heterocycles. The molecule has 0 aromatic heterocycles. The monoisotopic (exact) mass is 277 g/mol. The molecule has 0 aliphatic carbocycles. The number of ether oxygens (including phenoxy) is 1. The van der Waals surface area contributed by atoms with Gasteiger partial charge in [0.2, 0.25) is 0 Å². The van der Waals surface area contributed by atoms with Crippen molar-refractivity contribution < 1.29 is 4.74 Å². The molecule has 1 N–H and O–H groups in total. The second-order valence-corrected chi connectivity index (χ2v) is 6.41. The zero-order chi connectivity index (χ0) is 14.2. The molecule has 3 aliphatic heterocycles. The molecule has 0 bridgehead atoms. The highest BCUT2D eigenvalue weighted by Crippen LogP contribution is 2.40. The lowest BCUT2D eigenvalue weighted by atomic mass is 9.73. The minimum atomic E-state index is -0.207. The van der Waals surface area contributed by atoms with Crippen LogP contribution in [0.2, 0.25) is 0 Å². The van der Waals surface area contributed by atoms with Crippen LogP contribution in [0.15, 0.2) is 17.3 Å². The smallest absolute Gasteiger partial charge is 0.111 e. The molecule has 0 spiro atoms. The highest BCUT2D eigenvalue weighted by Gasteiger charge is 2.49. The third-order valence-corrected chi connectivity index (χ3v) is 5.60. The van der Waals surface area contributed by atoms with Gasteiger partial charge in [-0.2, -0.15) is 0 Å². The molecule has 112 valence electrons. The summed E-state index contributed by atoms with van der Waals surface area (Å²) in [5.41, 5.74) is 0.980. The minimum Gasteiger partial charge on any atom is -0.372 e. The van der Waals surface area contributed by atoms with Crippen LogP contribution < -0.4 is 5.32 Å². The van der Waals surface area contributed by atoms with Crippen molar-refractivity contribution in [1.29, 1.82) is 0 Å². The zero-order valence-electron chi connectivity index (χ0n) is 12.9. The Morgan fingerprint density at radius 2 is 2.30 bits per heavy atom. The van der Waals surface area contributed by atoms with Crippen LogP contribution in [0.4, 0.5) is 0 Å². The average Bonchev–Trinajstić information content (AvgIpc) is 2.50. The van der Waals surface area contributed by atoms with Gasteiger partial charge in [0.25, 0.3) is 0 Å². The van der Waals surface area contributed by atoms with Crippen LogP contribution in [0.25, 0.3) is 0 Å². The molecule has 3 rings (SSSR count). The van der Waals surface area contributed by atoms with Crippen LogP contribution in [0, 0.1) is 5.92 Å². The molecule has 0 amide bonds. The Morgan fingerprint density at radius 3 is 3.10 bits per heavy atom. The zero-order valence-corrected chi connectivity index (χ0v) is 12.9. The first-order chi connectivity index (χ1) is 9.69. The summed E-state index contributed by atoms with van der Waals surface area (Å²) in [4.78, 5) is 7.18. The third kappa shape index (κ3) is 2.14. The fourth-order valence-electron chi connectivity index (χ4n) is 4.29. The van der Waals surface area contributed by atoms with E-state index in [0.29, 0.717) is 18.0 Å².